The summed E-state index contributed by atoms with van der Waals surface area (Å²) in [6.07, 6.45) is 6.03. The zero-order valence-corrected chi connectivity index (χ0v) is 29.7. The Balaban J connectivity index is 1.78. The van der Waals surface area contributed by atoms with Gasteiger partial charge in [0.05, 0.1) is 74.4 Å². The molecule has 4 rings (SSSR count). The lowest BCUT2D eigenvalue weighted by Crippen LogP contribution is -2.35. The third kappa shape index (κ3) is 9.06. The maximum Gasteiger partial charge on any atom is 0.338 e. The first-order valence-electron chi connectivity index (χ1n) is 16.6. The Labute approximate surface area is 288 Å². The van der Waals surface area contributed by atoms with E-state index in [-0.39, 0.29) is 32.1 Å². The second-order valence-electron chi connectivity index (χ2n) is 11.1. The zero-order chi connectivity index (χ0) is 35.6. The molecule has 1 aliphatic heterocycles. The number of anilines is 2. The molecule has 0 bridgehead atoms. The number of imidazole rings is 1. The number of hydrogen-bond acceptors (Lipinski definition) is 10. The Hall–Kier alpha value is -4.24. The molecule has 49 heavy (non-hydrogen) atoms. The molecule has 1 aromatic heterocycles. The number of methoxy groups -OCH3 is 1. The van der Waals surface area contributed by atoms with Gasteiger partial charge in [-0.1, -0.05) is 6.08 Å². The average molecular weight is 700 g/mol. The predicted octanol–water partition coefficient (Wildman–Crippen LogP) is 4.44. The maximum absolute atomic E-state index is 12.6. The fourth-order valence-electron chi connectivity index (χ4n) is 5.92. The number of carbonyl (C=O) groups excluding carboxylic acids is 2. The van der Waals surface area contributed by atoms with E-state index in [0.717, 1.165) is 34.1 Å². The number of rotatable bonds is 18. The summed E-state index contributed by atoms with van der Waals surface area (Å²) in [6, 6.07) is 10.9. The van der Waals surface area contributed by atoms with Crippen molar-refractivity contribution in [1.82, 2.24) is 4.57 Å². The van der Waals surface area contributed by atoms with Gasteiger partial charge in [0.2, 0.25) is 0 Å². The van der Waals surface area contributed by atoms with E-state index in [1.807, 2.05) is 47.9 Å². The van der Waals surface area contributed by atoms with Crippen LogP contribution in [0.5, 0.6) is 0 Å². The van der Waals surface area contributed by atoms with Gasteiger partial charge in [-0.2, -0.15) is 8.42 Å². The molecule has 0 unspecified atom stereocenters. The summed E-state index contributed by atoms with van der Waals surface area (Å²) < 4.78 is 58.0. The molecular formula is C35H47N4O9S+. The van der Waals surface area contributed by atoms with Crippen LogP contribution in [0, 0.1) is 0 Å². The van der Waals surface area contributed by atoms with Crippen LogP contribution in [0.4, 0.5) is 11.4 Å². The van der Waals surface area contributed by atoms with Gasteiger partial charge in [-0.05, 0) is 64.1 Å². The van der Waals surface area contributed by atoms with Crippen LogP contribution in [-0.2, 0) is 42.2 Å². The maximum atomic E-state index is 12.6. The molecule has 13 nitrogen and oxygen atoms in total. The van der Waals surface area contributed by atoms with Gasteiger partial charge < -0.3 is 28.7 Å². The van der Waals surface area contributed by atoms with Crippen molar-refractivity contribution in [3.05, 3.63) is 71.3 Å². The molecule has 266 valence electrons. The van der Waals surface area contributed by atoms with Gasteiger partial charge >= 0.3 is 11.9 Å². The van der Waals surface area contributed by atoms with Crippen molar-refractivity contribution in [2.75, 3.05) is 68.8 Å². The predicted molar refractivity (Wildman–Crippen MR) is 187 cm³/mol. The second-order valence-corrected chi connectivity index (χ2v) is 12.7. The van der Waals surface area contributed by atoms with Crippen LogP contribution in [-0.4, -0.2) is 88.5 Å². The molecular weight excluding hydrogens is 652 g/mol. The monoisotopic (exact) mass is 699 g/mol. The Kier molecular flexibility index (Phi) is 13.4. The molecule has 0 saturated carbocycles. The summed E-state index contributed by atoms with van der Waals surface area (Å²) >= 11 is 0. The van der Waals surface area contributed by atoms with Gasteiger partial charge in [-0.15, -0.1) is 0 Å². The topological polar surface area (TPSA) is 141 Å². The molecule has 0 saturated heterocycles. The van der Waals surface area contributed by atoms with Crippen LogP contribution >= 0.6 is 0 Å². The van der Waals surface area contributed by atoms with Gasteiger partial charge in [-0.3, -0.25) is 4.55 Å². The molecule has 0 fully saturated rings. The van der Waals surface area contributed by atoms with Gasteiger partial charge in [0.25, 0.3) is 15.9 Å². The first-order valence-corrected chi connectivity index (χ1v) is 18.2. The molecule has 1 aliphatic rings. The summed E-state index contributed by atoms with van der Waals surface area (Å²) in [6.45, 7) is 11.5. The van der Waals surface area contributed by atoms with Crippen molar-refractivity contribution in [2.24, 2.45) is 0 Å². The number of allylic oxidation sites excluding steroid dienone is 2. The highest BCUT2D eigenvalue weighted by Gasteiger charge is 2.31. The number of fused-ring (bicyclic) bond motifs is 2. The van der Waals surface area contributed by atoms with E-state index in [9.17, 15) is 22.6 Å². The number of carbonyl (C=O) groups is 2. The van der Waals surface area contributed by atoms with Crippen molar-refractivity contribution in [3.63, 3.8) is 0 Å². The smallest absolute Gasteiger partial charge is 0.338 e. The Morgan fingerprint density at radius 1 is 0.878 bits per heavy atom. The van der Waals surface area contributed by atoms with Crippen LogP contribution in [0.1, 0.15) is 60.7 Å². The lowest BCUT2D eigenvalue weighted by atomic mass is 10.1. The van der Waals surface area contributed by atoms with Crippen LogP contribution in [0.25, 0.3) is 17.1 Å². The third-order valence-corrected chi connectivity index (χ3v) is 8.85. The molecule has 0 aliphatic carbocycles. The van der Waals surface area contributed by atoms with Crippen LogP contribution in [0.3, 0.4) is 0 Å². The second kappa shape index (κ2) is 17.4. The first-order chi connectivity index (χ1) is 23.6. The number of aryl methyl sites for hydroxylation is 2. The number of aromatic nitrogens is 2. The molecule has 0 radical (unpaired) electrons. The fourth-order valence-corrected chi connectivity index (χ4v) is 6.42. The first kappa shape index (κ1) is 37.6. The summed E-state index contributed by atoms with van der Waals surface area (Å²) in [5, 5.41) is 0. The summed E-state index contributed by atoms with van der Waals surface area (Å²) in [5.74, 6) is 0.426. The van der Waals surface area contributed by atoms with Gasteiger partial charge in [0.15, 0.2) is 11.0 Å². The van der Waals surface area contributed by atoms with E-state index >= 15 is 0 Å². The van der Waals surface area contributed by atoms with Crippen LogP contribution < -0.4 is 14.4 Å². The number of benzene rings is 2. The van der Waals surface area contributed by atoms with Gasteiger partial charge in [0.1, 0.15) is 5.82 Å². The zero-order valence-electron chi connectivity index (χ0n) is 28.9. The van der Waals surface area contributed by atoms with E-state index in [4.69, 9.17) is 18.9 Å². The van der Waals surface area contributed by atoms with Crippen molar-refractivity contribution in [3.8, 4) is 0 Å². The lowest BCUT2D eigenvalue weighted by Gasteiger charge is -2.24. The van der Waals surface area contributed by atoms with E-state index in [1.165, 1.54) is 0 Å². The Bertz CT molecular complexity index is 1800. The van der Waals surface area contributed by atoms with E-state index in [2.05, 4.69) is 21.3 Å². The minimum atomic E-state index is -4.16. The quantitative estimate of drug-likeness (QED) is 0.0872. The molecule has 0 atom stereocenters. The highest BCUT2D eigenvalue weighted by molar-refractivity contribution is 7.85. The van der Waals surface area contributed by atoms with E-state index in [1.54, 1.807) is 39.2 Å². The molecule has 14 heteroatoms. The summed E-state index contributed by atoms with van der Waals surface area (Å²) in [5.41, 5.74) is 4.24. The molecule has 0 amide bonds. The van der Waals surface area contributed by atoms with Crippen LogP contribution in [0.15, 0.2) is 54.4 Å². The van der Waals surface area contributed by atoms with Crippen molar-refractivity contribution >= 4 is 50.5 Å². The normalized spacial score (nSPS) is 14.0. The summed E-state index contributed by atoms with van der Waals surface area (Å²) in [7, 11) is -2.54. The van der Waals surface area contributed by atoms with E-state index < -0.39 is 21.8 Å². The van der Waals surface area contributed by atoms with Crippen molar-refractivity contribution in [1.29, 1.82) is 0 Å². The molecule has 1 N–H and O–H groups in total. The molecule has 0 spiro atoms. The number of nitrogens with zero attached hydrogens (tertiary/aromatic N) is 4. The van der Waals surface area contributed by atoms with E-state index in [0.29, 0.717) is 50.6 Å². The Morgan fingerprint density at radius 2 is 1.57 bits per heavy atom. The highest BCUT2D eigenvalue weighted by atomic mass is 32.2. The minimum absolute atomic E-state index is 0.163. The molecule has 2 heterocycles. The number of esters is 2. The largest absolute Gasteiger partial charge is 0.462 e. The highest BCUT2D eigenvalue weighted by Crippen LogP contribution is 2.42. The standard InChI is InChI=1S/C35H46N4O9S/c1-6-36-28-16-14-26(34(40)47-8-3)24-30(28)38(18-11-23-49(42,43)44)32(36)12-10-13-33-37(7-2)29-17-15-27(35(41)48-9-4)25-31(29)39(33)19-20-46-22-21-45-5/h10,12-17,24-25H,6-9,11,18-23H2,1-5H3/p+1. The summed E-state index contributed by atoms with van der Waals surface area (Å²) in [4.78, 5) is 29.5. The SMILES string of the molecule is CCOC(=O)c1ccc2c(c1)N(CCOCCOC)/C(=C\C=C/c1n(CCCS(=O)(=O)O)c3cc(C(=O)OCC)ccc3[n+]1CC)N2CC. The minimum Gasteiger partial charge on any atom is -0.462 e. The number of hydrogen-bond donors (Lipinski definition) is 1. The average Bonchev–Trinajstić information content (AvgIpc) is 3.54. The lowest BCUT2D eigenvalue weighted by molar-refractivity contribution is -0.670. The van der Waals surface area contributed by atoms with Gasteiger partial charge in [0, 0.05) is 38.8 Å². The fraction of sp³-hybridized carbons (Fsp3) is 0.457. The van der Waals surface area contributed by atoms with Crippen molar-refractivity contribution < 1.29 is 46.1 Å². The van der Waals surface area contributed by atoms with Crippen molar-refractivity contribution in [2.45, 2.75) is 47.2 Å². The number of ether oxygens (including phenoxy) is 4. The Morgan fingerprint density at radius 3 is 2.20 bits per heavy atom. The third-order valence-electron chi connectivity index (χ3n) is 8.04. The molecule has 2 aromatic carbocycles. The van der Waals surface area contributed by atoms with Crippen LogP contribution in [0.2, 0.25) is 0 Å². The molecule has 3 aromatic rings. The van der Waals surface area contributed by atoms with Gasteiger partial charge in [-0.25, -0.2) is 18.7 Å².